The highest BCUT2D eigenvalue weighted by atomic mass is 16.2. The molecule has 1 heterocycles. The molecule has 0 saturated heterocycles. The summed E-state index contributed by atoms with van der Waals surface area (Å²) in [6, 6.07) is 3.41. The van der Waals surface area contributed by atoms with E-state index in [1.807, 2.05) is 0 Å². The maximum absolute atomic E-state index is 11.7. The second kappa shape index (κ2) is 6.17. The van der Waals surface area contributed by atoms with Crippen LogP contribution in [0.2, 0.25) is 0 Å². The maximum atomic E-state index is 11.7. The number of nitrogens with one attached hydrogen (secondary N) is 1. The van der Waals surface area contributed by atoms with Gasteiger partial charge in [0, 0.05) is 26.3 Å². The number of nitrogens with two attached hydrogens (primary N) is 1. The summed E-state index contributed by atoms with van der Waals surface area (Å²) in [5.74, 6) is -0.712. The van der Waals surface area contributed by atoms with Crippen molar-refractivity contribution in [3.63, 3.8) is 0 Å². The zero-order valence-electron chi connectivity index (χ0n) is 10.1. The van der Waals surface area contributed by atoms with Gasteiger partial charge in [-0.05, 0) is 19.2 Å². The van der Waals surface area contributed by atoms with Gasteiger partial charge in [-0.15, -0.1) is 0 Å². The molecule has 1 aromatic rings. The van der Waals surface area contributed by atoms with Gasteiger partial charge in [-0.25, -0.2) is 0 Å². The molecule has 0 spiro atoms. The number of aromatic nitrogens is 1. The molecule has 2 amide bonds. The van der Waals surface area contributed by atoms with Crippen LogP contribution in [0, 0.1) is 0 Å². The summed E-state index contributed by atoms with van der Waals surface area (Å²) in [4.78, 5) is 25.0. The summed E-state index contributed by atoms with van der Waals surface area (Å²) in [6.07, 6.45) is 1.75. The van der Waals surface area contributed by atoms with Gasteiger partial charge in [-0.1, -0.05) is 0 Å². The number of carbonyl (C=O) groups is 2. The number of nitrogens with zero attached hydrogens (tertiary/aromatic N) is 2. The Labute approximate surface area is 100 Å². The first-order valence-corrected chi connectivity index (χ1v) is 5.38. The Morgan fingerprint density at radius 3 is 2.76 bits per heavy atom. The molecular weight excluding hydrogens is 220 g/mol. The summed E-state index contributed by atoms with van der Waals surface area (Å²) in [5.41, 5.74) is 5.82. The van der Waals surface area contributed by atoms with Crippen molar-refractivity contribution in [3.05, 3.63) is 24.0 Å². The van der Waals surface area contributed by atoms with Crippen molar-refractivity contribution in [2.24, 2.45) is 12.8 Å². The van der Waals surface area contributed by atoms with Gasteiger partial charge in [0.2, 0.25) is 5.91 Å². The van der Waals surface area contributed by atoms with Crippen LogP contribution in [-0.4, -0.2) is 48.0 Å². The van der Waals surface area contributed by atoms with Gasteiger partial charge in [-0.2, -0.15) is 0 Å². The molecule has 0 aliphatic rings. The van der Waals surface area contributed by atoms with Crippen molar-refractivity contribution in [3.8, 4) is 0 Å². The SMILES string of the molecule is CN(CCN)CC(=O)NC(=O)c1cccn1C. The first-order valence-electron chi connectivity index (χ1n) is 5.38. The molecule has 17 heavy (non-hydrogen) atoms. The third-order valence-electron chi connectivity index (χ3n) is 2.35. The van der Waals surface area contributed by atoms with E-state index in [1.54, 1.807) is 41.9 Å². The number of likely N-dealkylation sites (N-methyl/N-ethyl adjacent to an activating group) is 1. The Morgan fingerprint density at radius 1 is 1.53 bits per heavy atom. The quantitative estimate of drug-likeness (QED) is 0.702. The van der Waals surface area contributed by atoms with Crippen LogP contribution in [0.4, 0.5) is 0 Å². The Kier molecular flexibility index (Phi) is 4.86. The summed E-state index contributed by atoms with van der Waals surface area (Å²) in [7, 11) is 3.53. The van der Waals surface area contributed by atoms with Gasteiger partial charge in [0.1, 0.15) is 5.69 Å². The van der Waals surface area contributed by atoms with Crippen LogP contribution in [-0.2, 0) is 11.8 Å². The molecule has 0 fully saturated rings. The molecule has 3 N–H and O–H groups in total. The number of carbonyl (C=O) groups excluding carboxylic acids is 2. The van der Waals surface area contributed by atoms with E-state index in [-0.39, 0.29) is 18.4 Å². The Bertz CT molecular complexity index is 400. The molecule has 0 bridgehead atoms. The van der Waals surface area contributed by atoms with E-state index in [9.17, 15) is 9.59 Å². The minimum absolute atomic E-state index is 0.160. The van der Waals surface area contributed by atoms with E-state index >= 15 is 0 Å². The molecule has 6 heteroatoms. The van der Waals surface area contributed by atoms with Crippen LogP contribution in [0.1, 0.15) is 10.5 Å². The monoisotopic (exact) mass is 238 g/mol. The highest BCUT2D eigenvalue weighted by Gasteiger charge is 2.13. The van der Waals surface area contributed by atoms with Crippen LogP contribution in [0.5, 0.6) is 0 Å². The minimum atomic E-state index is -0.386. The largest absolute Gasteiger partial charge is 0.347 e. The fraction of sp³-hybridized carbons (Fsp3) is 0.455. The molecule has 0 atom stereocenters. The van der Waals surface area contributed by atoms with E-state index in [4.69, 9.17) is 5.73 Å². The predicted octanol–water partition coefficient (Wildman–Crippen LogP) is -0.828. The summed E-state index contributed by atoms with van der Waals surface area (Å²) in [6.45, 7) is 1.26. The lowest BCUT2D eigenvalue weighted by molar-refractivity contribution is -0.120. The average molecular weight is 238 g/mol. The molecular formula is C11H18N4O2. The van der Waals surface area contributed by atoms with Crippen LogP contribution in [0.15, 0.2) is 18.3 Å². The van der Waals surface area contributed by atoms with Crippen LogP contribution < -0.4 is 11.1 Å². The Morgan fingerprint density at radius 2 is 2.24 bits per heavy atom. The Hall–Kier alpha value is -1.66. The molecule has 0 unspecified atom stereocenters. The number of amides is 2. The molecule has 0 saturated carbocycles. The third kappa shape index (κ3) is 4.01. The van der Waals surface area contributed by atoms with Crippen LogP contribution in [0.3, 0.4) is 0 Å². The van der Waals surface area contributed by atoms with Gasteiger partial charge in [0.05, 0.1) is 6.54 Å². The molecule has 94 valence electrons. The summed E-state index contributed by atoms with van der Waals surface area (Å²) >= 11 is 0. The number of hydrogen-bond donors (Lipinski definition) is 2. The molecule has 0 aliphatic heterocycles. The highest BCUT2D eigenvalue weighted by Crippen LogP contribution is 1.98. The lowest BCUT2D eigenvalue weighted by Crippen LogP contribution is -2.40. The van der Waals surface area contributed by atoms with E-state index in [2.05, 4.69) is 5.32 Å². The van der Waals surface area contributed by atoms with Crippen LogP contribution >= 0.6 is 0 Å². The van der Waals surface area contributed by atoms with Crippen LogP contribution in [0.25, 0.3) is 0 Å². The van der Waals surface area contributed by atoms with Gasteiger partial charge >= 0.3 is 0 Å². The number of aryl methyl sites for hydroxylation is 1. The maximum Gasteiger partial charge on any atom is 0.274 e. The fourth-order valence-electron chi connectivity index (χ4n) is 1.47. The normalized spacial score (nSPS) is 10.6. The molecule has 0 aliphatic carbocycles. The molecule has 0 radical (unpaired) electrons. The Balaban J connectivity index is 2.47. The van der Waals surface area contributed by atoms with Gasteiger partial charge < -0.3 is 10.3 Å². The molecule has 6 nitrogen and oxygen atoms in total. The summed E-state index contributed by atoms with van der Waals surface area (Å²) in [5, 5.41) is 2.33. The number of imide groups is 1. The van der Waals surface area contributed by atoms with E-state index in [0.717, 1.165) is 0 Å². The van der Waals surface area contributed by atoms with E-state index in [1.165, 1.54) is 0 Å². The lowest BCUT2D eigenvalue weighted by Gasteiger charge is -2.14. The van der Waals surface area contributed by atoms with Gasteiger partial charge in [0.25, 0.3) is 5.91 Å². The van der Waals surface area contributed by atoms with Crippen molar-refractivity contribution in [2.45, 2.75) is 0 Å². The first kappa shape index (κ1) is 13.4. The smallest absolute Gasteiger partial charge is 0.274 e. The van der Waals surface area contributed by atoms with Gasteiger partial charge in [-0.3, -0.25) is 19.8 Å². The second-order valence-electron chi connectivity index (χ2n) is 3.91. The van der Waals surface area contributed by atoms with Crippen molar-refractivity contribution in [1.82, 2.24) is 14.8 Å². The lowest BCUT2D eigenvalue weighted by atomic mass is 10.4. The second-order valence-corrected chi connectivity index (χ2v) is 3.91. The minimum Gasteiger partial charge on any atom is -0.347 e. The average Bonchev–Trinajstić information content (AvgIpc) is 2.64. The zero-order chi connectivity index (χ0) is 12.8. The molecule has 1 aromatic heterocycles. The van der Waals surface area contributed by atoms with Gasteiger partial charge in [0.15, 0.2) is 0 Å². The zero-order valence-corrected chi connectivity index (χ0v) is 10.1. The van der Waals surface area contributed by atoms with E-state index in [0.29, 0.717) is 18.8 Å². The molecule has 1 rings (SSSR count). The van der Waals surface area contributed by atoms with Crippen molar-refractivity contribution >= 4 is 11.8 Å². The molecule has 0 aromatic carbocycles. The standard InChI is InChI=1S/C11H18N4O2/c1-14(7-5-12)8-10(16)13-11(17)9-4-3-6-15(9)2/h3-4,6H,5,7-8,12H2,1-2H3,(H,13,16,17). The van der Waals surface area contributed by atoms with Crippen molar-refractivity contribution < 1.29 is 9.59 Å². The topological polar surface area (TPSA) is 80.4 Å². The first-order chi connectivity index (χ1) is 8.04. The highest BCUT2D eigenvalue weighted by molar-refractivity contribution is 6.04. The summed E-state index contributed by atoms with van der Waals surface area (Å²) < 4.78 is 1.66. The van der Waals surface area contributed by atoms with E-state index < -0.39 is 0 Å². The van der Waals surface area contributed by atoms with Crippen molar-refractivity contribution in [1.29, 1.82) is 0 Å². The van der Waals surface area contributed by atoms with Crippen molar-refractivity contribution in [2.75, 3.05) is 26.7 Å². The third-order valence-corrected chi connectivity index (χ3v) is 2.35. The predicted molar refractivity (Wildman–Crippen MR) is 64.4 cm³/mol. The number of hydrogen-bond acceptors (Lipinski definition) is 4. The fourth-order valence-corrected chi connectivity index (χ4v) is 1.47. The number of rotatable bonds is 5.